The smallest absolute Gasteiger partial charge is 0.411 e. The van der Waals surface area contributed by atoms with Crippen LogP contribution in [0.1, 0.15) is 12.5 Å². The number of ether oxygens (including phenoxy) is 3. The molecule has 1 aromatic rings. The number of hydrogen-bond acceptors (Lipinski definition) is 4. The largest absolute Gasteiger partial charge is 0.486 e. The van der Waals surface area contributed by atoms with Gasteiger partial charge in [-0.3, -0.25) is 5.32 Å². The molecule has 5 heteroatoms. The molecule has 0 saturated heterocycles. The van der Waals surface area contributed by atoms with Gasteiger partial charge in [-0.05, 0) is 25.5 Å². The Hall–Kier alpha value is -1.91. The molecule has 1 N–H and O–H groups in total. The summed E-state index contributed by atoms with van der Waals surface area (Å²) >= 11 is 0. The van der Waals surface area contributed by atoms with Crippen LogP contribution in [0.4, 0.5) is 10.5 Å². The lowest BCUT2D eigenvalue weighted by Crippen LogP contribution is -2.17. The van der Waals surface area contributed by atoms with Gasteiger partial charge in [0, 0.05) is 6.07 Å². The number of amides is 1. The zero-order valence-electron chi connectivity index (χ0n) is 9.91. The highest BCUT2D eigenvalue weighted by Crippen LogP contribution is 2.35. The normalized spacial score (nSPS) is 13.1. The van der Waals surface area contributed by atoms with Crippen LogP contribution < -0.4 is 14.8 Å². The molecule has 1 heterocycles. The molecule has 0 aliphatic carbocycles. The molecule has 0 aromatic heterocycles. The predicted octanol–water partition coefficient (Wildman–Crippen LogP) is 2.33. The summed E-state index contributed by atoms with van der Waals surface area (Å²) in [5, 5.41) is 2.66. The van der Waals surface area contributed by atoms with Crippen molar-refractivity contribution in [2.24, 2.45) is 0 Å². The van der Waals surface area contributed by atoms with Crippen molar-refractivity contribution in [1.29, 1.82) is 0 Å². The quantitative estimate of drug-likeness (QED) is 0.857. The summed E-state index contributed by atoms with van der Waals surface area (Å²) in [6.07, 6.45) is -0.465. The Balaban J connectivity index is 2.19. The van der Waals surface area contributed by atoms with Crippen molar-refractivity contribution in [3.05, 3.63) is 17.7 Å². The summed E-state index contributed by atoms with van der Waals surface area (Å²) in [7, 11) is 0. The Morgan fingerprint density at radius 1 is 1.35 bits per heavy atom. The minimum Gasteiger partial charge on any atom is -0.486 e. The maximum Gasteiger partial charge on any atom is 0.411 e. The van der Waals surface area contributed by atoms with Gasteiger partial charge in [0.1, 0.15) is 13.2 Å². The van der Waals surface area contributed by atoms with Gasteiger partial charge in [0.2, 0.25) is 0 Å². The molecule has 5 nitrogen and oxygen atoms in total. The van der Waals surface area contributed by atoms with Gasteiger partial charge >= 0.3 is 6.09 Å². The Labute approximate surface area is 99.7 Å². The average molecular weight is 237 g/mol. The van der Waals surface area contributed by atoms with E-state index in [0.717, 1.165) is 5.56 Å². The summed E-state index contributed by atoms with van der Waals surface area (Å²) in [6, 6.07) is 3.59. The summed E-state index contributed by atoms with van der Waals surface area (Å²) in [5.74, 6) is 1.36. The van der Waals surface area contributed by atoms with Crippen LogP contribution in [0, 0.1) is 6.92 Å². The first-order chi connectivity index (χ1) is 8.20. The fourth-order valence-corrected chi connectivity index (χ4v) is 1.60. The third-order valence-corrected chi connectivity index (χ3v) is 2.40. The Morgan fingerprint density at radius 2 is 2.00 bits per heavy atom. The van der Waals surface area contributed by atoms with E-state index in [9.17, 15) is 4.79 Å². The van der Waals surface area contributed by atoms with Crippen LogP contribution in [0.25, 0.3) is 0 Å². The SMILES string of the molecule is CCOC(=O)Nc1cc2c(cc1C)OCCO2. The van der Waals surface area contributed by atoms with Crippen molar-refractivity contribution in [3.63, 3.8) is 0 Å². The second kappa shape index (κ2) is 4.95. The lowest BCUT2D eigenvalue weighted by Gasteiger charge is -2.20. The second-order valence-electron chi connectivity index (χ2n) is 3.66. The average Bonchev–Trinajstić information content (AvgIpc) is 2.30. The first kappa shape index (κ1) is 11.6. The van der Waals surface area contributed by atoms with Crippen molar-refractivity contribution >= 4 is 11.8 Å². The van der Waals surface area contributed by atoms with Crippen molar-refractivity contribution in [1.82, 2.24) is 0 Å². The van der Waals surface area contributed by atoms with E-state index in [1.165, 1.54) is 0 Å². The first-order valence-corrected chi connectivity index (χ1v) is 5.54. The molecule has 0 radical (unpaired) electrons. The Morgan fingerprint density at radius 3 is 2.65 bits per heavy atom. The monoisotopic (exact) mass is 237 g/mol. The van der Waals surface area contributed by atoms with E-state index in [4.69, 9.17) is 14.2 Å². The molecule has 2 rings (SSSR count). The van der Waals surface area contributed by atoms with Crippen LogP contribution in [-0.2, 0) is 4.74 Å². The highest BCUT2D eigenvalue weighted by Gasteiger charge is 2.15. The van der Waals surface area contributed by atoms with Crippen LogP contribution in [0.2, 0.25) is 0 Å². The molecule has 0 bridgehead atoms. The number of carbonyl (C=O) groups excluding carboxylic acids is 1. The molecule has 0 unspecified atom stereocenters. The zero-order chi connectivity index (χ0) is 12.3. The molecule has 1 aliphatic rings. The summed E-state index contributed by atoms with van der Waals surface area (Å²) in [6.45, 7) is 5.07. The number of hydrogen-bond donors (Lipinski definition) is 1. The van der Waals surface area contributed by atoms with E-state index in [0.29, 0.717) is 37.0 Å². The van der Waals surface area contributed by atoms with Gasteiger partial charge in [0.15, 0.2) is 11.5 Å². The maximum atomic E-state index is 11.3. The number of nitrogens with one attached hydrogen (secondary N) is 1. The standard InChI is InChI=1S/C12H15NO4/c1-3-15-12(14)13-9-7-11-10(6-8(9)2)16-4-5-17-11/h6-7H,3-5H2,1-2H3,(H,13,14). The molecule has 0 saturated carbocycles. The lowest BCUT2D eigenvalue weighted by molar-refractivity contribution is 0.167. The molecular weight excluding hydrogens is 222 g/mol. The molecule has 0 atom stereocenters. The highest BCUT2D eigenvalue weighted by atomic mass is 16.6. The van der Waals surface area contributed by atoms with Crippen LogP contribution >= 0.6 is 0 Å². The van der Waals surface area contributed by atoms with Gasteiger partial charge < -0.3 is 14.2 Å². The molecule has 17 heavy (non-hydrogen) atoms. The number of aryl methyl sites for hydroxylation is 1. The molecule has 1 aromatic carbocycles. The molecular formula is C12H15NO4. The van der Waals surface area contributed by atoms with Crippen LogP contribution in [-0.4, -0.2) is 25.9 Å². The van der Waals surface area contributed by atoms with E-state index in [1.807, 2.05) is 13.0 Å². The lowest BCUT2D eigenvalue weighted by atomic mass is 10.1. The van der Waals surface area contributed by atoms with Crippen molar-refractivity contribution in [2.45, 2.75) is 13.8 Å². The van der Waals surface area contributed by atoms with Crippen LogP contribution in [0.5, 0.6) is 11.5 Å². The summed E-state index contributed by atoms with van der Waals surface area (Å²) in [5.41, 5.74) is 1.58. The fourth-order valence-electron chi connectivity index (χ4n) is 1.60. The third-order valence-electron chi connectivity index (χ3n) is 2.40. The van der Waals surface area contributed by atoms with Crippen LogP contribution in [0.3, 0.4) is 0 Å². The topological polar surface area (TPSA) is 56.8 Å². The van der Waals surface area contributed by atoms with E-state index in [1.54, 1.807) is 13.0 Å². The van der Waals surface area contributed by atoms with E-state index in [-0.39, 0.29) is 0 Å². The first-order valence-electron chi connectivity index (χ1n) is 5.54. The zero-order valence-corrected chi connectivity index (χ0v) is 9.91. The Bertz CT molecular complexity index is 431. The summed E-state index contributed by atoms with van der Waals surface area (Å²) in [4.78, 5) is 11.3. The summed E-state index contributed by atoms with van der Waals surface area (Å²) < 4.78 is 15.7. The maximum absolute atomic E-state index is 11.3. The third kappa shape index (κ3) is 2.61. The van der Waals surface area contributed by atoms with E-state index in [2.05, 4.69) is 5.32 Å². The molecule has 92 valence electrons. The van der Waals surface area contributed by atoms with Gasteiger partial charge in [0.05, 0.1) is 12.3 Å². The van der Waals surface area contributed by atoms with Gasteiger partial charge in [-0.25, -0.2) is 4.79 Å². The number of carbonyl (C=O) groups is 1. The van der Waals surface area contributed by atoms with Crippen LogP contribution in [0.15, 0.2) is 12.1 Å². The van der Waals surface area contributed by atoms with Gasteiger partial charge in [-0.15, -0.1) is 0 Å². The highest BCUT2D eigenvalue weighted by molar-refractivity contribution is 5.86. The minimum absolute atomic E-state index is 0.343. The van der Waals surface area contributed by atoms with Gasteiger partial charge in [-0.2, -0.15) is 0 Å². The van der Waals surface area contributed by atoms with Crippen molar-refractivity contribution in [3.8, 4) is 11.5 Å². The van der Waals surface area contributed by atoms with E-state index < -0.39 is 6.09 Å². The molecule has 1 amide bonds. The number of benzene rings is 1. The van der Waals surface area contributed by atoms with Crippen molar-refractivity contribution in [2.75, 3.05) is 25.1 Å². The number of fused-ring (bicyclic) bond motifs is 1. The molecule has 1 aliphatic heterocycles. The predicted molar refractivity (Wildman–Crippen MR) is 62.8 cm³/mol. The van der Waals surface area contributed by atoms with E-state index >= 15 is 0 Å². The minimum atomic E-state index is -0.465. The molecule has 0 fully saturated rings. The van der Waals surface area contributed by atoms with Gasteiger partial charge in [-0.1, -0.05) is 0 Å². The number of rotatable bonds is 2. The molecule has 0 spiro atoms. The second-order valence-corrected chi connectivity index (χ2v) is 3.66. The fraction of sp³-hybridized carbons (Fsp3) is 0.417. The Kier molecular flexibility index (Phi) is 3.37. The van der Waals surface area contributed by atoms with Crippen molar-refractivity contribution < 1.29 is 19.0 Å². The van der Waals surface area contributed by atoms with Gasteiger partial charge in [0.25, 0.3) is 0 Å². The number of anilines is 1.